The number of ketones is 1. The van der Waals surface area contributed by atoms with Crippen LogP contribution in [0.25, 0.3) is 0 Å². The summed E-state index contributed by atoms with van der Waals surface area (Å²) in [5.74, 6) is 0.254. The molecule has 128 valence electrons. The normalized spacial score (nSPS) is 22.0. The van der Waals surface area contributed by atoms with Gasteiger partial charge < -0.3 is 18.9 Å². The highest BCUT2D eigenvalue weighted by molar-refractivity contribution is 6.03. The average Bonchev–Trinajstić information content (AvgIpc) is 2.72. The molecule has 1 atom stereocenters. The first kappa shape index (κ1) is 17.8. The molecule has 1 saturated heterocycles. The zero-order valence-corrected chi connectivity index (χ0v) is 15.0. The van der Waals surface area contributed by atoms with Gasteiger partial charge in [0.15, 0.2) is 17.7 Å². The minimum atomic E-state index is -0.795. The summed E-state index contributed by atoms with van der Waals surface area (Å²) in [5, 5.41) is 0. The number of methoxy groups -OCH3 is 2. The van der Waals surface area contributed by atoms with Gasteiger partial charge in [0, 0.05) is 6.07 Å². The van der Waals surface area contributed by atoms with Crippen LogP contribution in [0.4, 0.5) is 0 Å². The Hall–Kier alpha value is -1.59. The number of Topliss-reactive ketones (excluding diaryl/α,β-unsaturated/α-hetero) is 1. The fraction of sp³-hybridized carbons (Fsp3) is 0.611. The third-order valence-electron chi connectivity index (χ3n) is 4.03. The number of aryl methyl sites for hydroxylation is 1. The molecular weight excluding hydrogens is 296 g/mol. The fourth-order valence-corrected chi connectivity index (χ4v) is 3.08. The van der Waals surface area contributed by atoms with Gasteiger partial charge in [-0.2, -0.15) is 0 Å². The molecule has 0 spiro atoms. The Morgan fingerprint density at radius 2 is 1.74 bits per heavy atom. The number of ether oxygens (including phenoxy) is 4. The summed E-state index contributed by atoms with van der Waals surface area (Å²) in [7, 11) is 3.15. The van der Waals surface area contributed by atoms with Gasteiger partial charge in [0.05, 0.1) is 25.4 Å². The lowest BCUT2D eigenvalue weighted by Crippen LogP contribution is -2.39. The molecular formula is C18H26O5. The predicted octanol–water partition coefficient (Wildman–Crippen LogP) is 3.38. The number of hydrogen-bond donors (Lipinski definition) is 0. The van der Waals surface area contributed by atoms with Gasteiger partial charge in [-0.1, -0.05) is 6.92 Å². The molecule has 1 heterocycles. The minimum absolute atomic E-state index is 0.144. The third kappa shape index (κ3) is 3.35. The summed E-state index contributed by atoms with van der Waals surface area (Å²) >= 11 is 0. The lowest BCUT2D eigenvalue weighted by molar-refractivity contribution is -0.155. The number of rotatable bonds is 5. The van der Waals surface area contributed by atoms with E-state index in [9.17, 15) is 4.79 Å². The molecule has 0 aromatic heterocycles. The number of hydrogen-bond acceptors (Lipinski definition) is 5. The maximum Gasteiger partial charge on any atom is 0.198 e. The van der Waals surface area contributed by atoms with Crippen LogP contribution in [-0.4, -0.2) is 37.5 Å². The van der Waals surface area contributed by atoms with Crippen molar-refractivity contribution in [3.8, 4) is 11.5 Å². The third-order valence-corrected chi connectivity index (χ3v) is 4.03. The van der Waals surface area contributed by atoms with Gasteiger partial charge in [0.25, 0.3) is 0 Å². The summed E-state index contributed by atoms with van der Waals surface area (Å²) in [6.07, 6.45) is 0.0640. The van der Waals surface area contributed by atoms with Crippen LogP contribution in [0.2, 0.25) is 0 Å². The largest absolute Gasteiger partial charge is 0.496 e. The van der Waals surface area contributed by atoms with Crippen LogP contribution in [-0.2, 0) is 15.9 Å². The number of carbonyl (C=O) groups is 1. The van der Waals surface area contributed by atoms with Crippen molar-refractivity contribution >= 4 is 5.78 Å². The standard InChI is InChI=1S/C18H26O5/c1-8-11-9-12(14(21-7)10-13(11)20-6)15(19)16-17(2,3)23-18(4,5)22-16/h9-10,16H,8H2,1-7H3/t16-/m0/s1. The van der Waals surface area contributed by atoms with Gasteiger partial charge in [-0.25, -0.2) is 0 Å². The van der Waals surface area contributed by atoms with E-state index in [2.05, 4.69) is 0 Å². The SMILES string of the molecule is CCc1cc(C(=O)[C@@H]2OC(C)(C)OC2(C)C)c(OC)cc1OC. The van der Waals surface area contributed by atoms with Crippen LogP contribution in [0.5, 0.6) is 11.5 Å². The van der Waals surface area contributed by atoms with E-state index >= 15 is 0 Å². The van der Waals surface area contributed by atoms with Crippen molar-refractivity contribution in [3.05, 3.63) is 23.3 Å². The van der Waals surface area contributed by atoms with Crippen molar-refractivity contribution in [2.75, 3.05) is 14.2 Å². The van der Waals surface area contributed by atoms with Crippen molar-refractivity contribution in [1.29, 1.82) is 0 Å². The molecule has 0 saturated carbocycles. The van der Waals surface area contributed by atoms with Crippen LogP contribution >= 0.6 is 0 Å². The topological polar surface area (TPSA) is 54.0 Å². The van der Waals surface area contributed by atoms with Gasteiger partial charge in [0.1, 0.15) is 11.5 Å². The monoisotopic (exact) mass is 322 g/mol. The highest BCUT2D eigenvalue weighted by Gasteiger charge is 2.51. The van der Waals surface area contributed by atoms with Crippen molar-refractivity contribution in [2.24, 2.45) is 0 Å². The number of carbonyl (C=O) groups excluding carboxylic acids is 1. The summed E-state index contributed by atoms with van der Waals surface area (Å²) in [6.45, 7) is 9.36. The van der Waals surface area contributed by atoms with E-state index < -0.39 is 17.5 Å². The summed E-state index contributed by atoms with van der Waals surface area (Å²) in [4.78, 5) is 13.1. The molecule has 0 bridgehead atoms. The van der Waals surface area contributed by atoms with E-state index in [4.69, 9.17) is 18.9 Å². The van der Waals surface area contributed by atoms with Crippen molar-refractivity contribution in [3.63, 3.8) is 0 Å². The van der Waals surface area contributed by atoms with Gasteiger partial charge in [-0.05, 0) is 45.7 Å². The van der Waals surface area contributed by atoms with Gasteiger partial charge in [-0.15, -0.1) is 0 Å². The maximum absolute atomic E-state index is 13.1. The van der Waals surface area contributed by atoms with Crippen LogP contribution < -0.4 is 9.47 Å². The first-order valence-corrected chi connectivity index (χ1v) is 7.82. The highest BCUT2D eigenvalue weighted by atomic mass is 16.8. The van der Waals surface area contributed by atoms with Crippen LogP contribution in [0, 0.1) is 0 Å². The first-order valence-electron chi connectivity index (χ1n) is 7.82. The molecule has 2 rings (SSSR count). The lowest BCUT2D eigenvalue weighted by Gasteiger charge is -2.24. The smallest absolute Gasteiger partial charge is 0.198 e. The number of benzene rings is 1. The van der Waals surface area contributed by atoms with E-state index in [-0.39, 0.29) is 5.78 Å². The molecule has 1 aliphatic heterocycles. The van der Waals surface area contributed by atoms with Crippen LogP contribution in [0.15, 0.2) is 12.1 Å². The van der Waals surface area contributed by atoms with Crippen molar-refractivity contribution in [1.82, 2.24) is 0 Å². The highest BCUT2D eigenvalue weighted by Crippen LogP contribution is 2.39. The van der Waals surface area contributed by atoms with Gasteiger partial charge in [-0.3, -0.25) is 4.79 Å². The van der Waals surface area contributed by atoms with Crippen molar-refractivity contribution < 1.29 is 23.7 Å². The van der Waals surface area contributed by atoms with E-state index in [1.54, 1.807) is 13.2 Å². The molecule has 0 aliphatic carbocycles. The Balaban J connectivity index is 2.47. The molecule has 1 aromatic rings. The first-order chi connectivity index (χ1) is 10.6. The molecule has 1 aromatic carbocycles. The van der Waals surface area contributed by atoms with Crippen LogP contribution in [0.3, 0.4) is 0 Å². The Kier molecular flexibility index (Phi) is 4.74. The molecule has 5 heteroatoms. The minimum Gasteiger partial charge on any atom is -0.496 e. The Labute approximate surface area is 137 Å². The van der Waals surface area contributed by atoms with E-state index in [1.165, 1.54) is 7.11 Å². The Morgan fingerprint density at radius 1 is 1.13 bits per heavy atom. The molecule has 5 nitrogen and oxygen atoms in total. The fourth-order valence-electron chi connectivity index (χ4n) is 3.08. The Bertz CT molecular complexity index is 604. The van der Waals surface area contributed by atoms with Gasteiger partial charge >= 0.3 is 0 Å². The molecule has 23 heavy (non-hydrogen) atoms. The Morgan fingerprint density at radius 3 is 2.17 bits per heavy atom. The molecule has 1 fully saturated rings. The molecule has 0 amide bonds. The summed E-state index contributed by atoms with van der Waals surface area (Å²) in [5.41, 5.74) is 0.731. The average molecular weight is 322 g/mol. The second kappa shape index (κ2) is 6.13. The quantitative estimate of drug-likeness (QED) is 0.778. The molecule has 0 radical (unpaired) electrons. The van der Waals surface area contributed by atoms with Gasteiger partial charge in [0.2, 0.25) is 0 Å². The second-order valence-electron chi connectivity index (χ2n) is 6.69. The lowest BCUT2D eigenvalue weighted by atomic mass is 9.92. The van der Waals surface area contributed by atoms with Crippen LogP contribution in [0.1, 0.15) is 50.5 Å². The zero-order chi connectivity index (χ0) is 17.4. The van der Waals surface area contributed by atoms with E-state index in [0.717, 1.165) is 12.0 Å². The summed E-state index contributed by atoms with van der Waals surface area (Å²) in [6, 6.07) is 3.57. The maximum atomic E-state index is 13.1. The van der Waals surface area contributed by atoms with Crippen molar-refractivity contribution in [2.45, 2.75) is 58.5 Å². The molecule has 0 unspecified atom stereocenters. The van der Waals surface area contributed by atoms with E-state index in [0.29, 0.717) is 17.1 Å². The molecule has 1 aliphatic rings. The molecule has 0 N–H and O–H groups in total. The second-order valence-corrected chi connectivity index (χ2v) is 6.69. The summed E-state index contributed by atoms with van der Waals surface area (Å²) < 4.78 is 22.5. The predicted molar refractivity (Wildman–Crippen MR) is 87.4 cm³/mol. The van der Waals surface area contributed by atoms with E-state index in [1.807, 2.05) is 40.7 Å². The zero-order valence-electron chi connectivity index (χ0n) is 15.0.